The highest BCUT2D eigenvalue weighted by atomic mass is 16.5. The van der Waals surface area contributed by atoms with Crippen LogP contribution >= 0.6 is 0 Å². The van der Waals surface area contributed by atoms with Crippen molar-refractivity contribution in [2.24, 2.45) is 10.3 Å². The molecule has 7 nitrogen and oxygen atoms in total. The van der Waals surface area contributed by atoms with Gasteiger partial charge in [-0.25, -0.2) is 0 Å². The number of ketones is 2. The highest BCUT2D eigenvalue weighted by Crippen LogP contribution is 2.12. The number of hydrogen-bond donors (Lipinski definition) is 0. The molecule has 7 heteroatoms. The maximum absolute atomic E-state index is 11.7. The zero-order chi connectivity index (χ0) is 13.7. The lowest BCUT2D eigenvalue weighted by Gasteiger charge is -2.22. The first-order chi connectivity index (χ1) is 8.47. The fourth-order valence-corrected chi connectivity index (χ4v) is 1.35. The molecule has 1 atom stereocenters. The van der Waals surface area contributed by atoms with Crippen molar-refractivity contribution in [1.29, 1.82) is 0 Å². The van der Waals surface area contributed by atoms with Gasteiger partial charge >= 0.3 is 5.91 Å². The number of amides is 1. The van der Waals surface area contributed by atoms with Gasteiger partial charge in [-0.3, -0.25) is 14.4 Å². The summed E-state index contributed by atoms with van der Waals surface area (Å²) in [6.07, 6.45) is 0.722. The van der Waals surface area contributed by atoms with Crippen LogP contribution in [0.2, 0.25) is 0 Å². The van der Waals surface area contributed by atoms with Crippen LogP contribution in [0, 0.1) is 0 Å². The molecule has 0 aliphatic carbocycles. The number of hydrogen-bond acceptors (Lipinski definition) is 6. The number of nitrogens with zero attached hydrogens (tertiary/aromatic N) is 3. The van der Waals surface area contributed by atoms with E-state index < -0.39 is 17.7 Å². The number of rotatable bonds is 6. The summed E-state index contributed by atoms with van der Waals surface area (Å²) in [4.78, 5) is 34.9. The molecule has 0 spiro atoms. The summed E-state index contributed by atoms with van der Waals surface area (Å²) < 4.78 is 5.16. The topological polar surface area (TPSA) is 88.4 Å². The van der Waals surface area contributed by atoms with Gasteiger partial charge in [-0.2, -0.15) is 10.1 Å². The smallest absolute Gasteiger partial charge is 0.316 e. The molecule has 0 saturated heterocycles. The maximum atomic E-state index is 11.7. The zero-order valence-corrected chi connectivity index (χ0v) is 10.8. The molecule has 1 aliphatic heterocycles. The molecular formula is C11H17N3O4. The van der Waals surface area contributed by atoms with Crippen LogP contribution in [0.3, 0.4) is 0 Å². The second-order valence-corrected chi connectivity index (χ2v) is 4.24. The fourth-order valence-electron chi connectivity index (χ4n) is 1.35. The summed E-state index contributed by atoms with van der Waals surface area (Å²) in [7, 11) is 0. The lowest BCUT2D eigenvalue weighted by atomic mass is 10.0. The summed E-state index contributed by atoms with van der Waals surface area (Å²) in [6, 6.07) is -1.27. The van der Waals surface area contributed by atoms with E-state index >= 15 is 0 Å². The number of carbonyl (C=O) groups excluding carboxylic acids is 3. The van der Waals surface area contributed by atoms with E-state index in [9.17, 15) is 14.4 Å². The average Bonchev–Trinajstić information content (AvgIpc) is 2.31. The van der Waals surface area contributed by atoms with E-state index in [0.29, 0.717) is 6.42 Å². The zero-order valence-electron chi connectivity index (χ0n) is 10.8. The van der Waals surface area contributed by atoms with E-state index in [1.54, 1.807) is 13.8 Å². The Bertz CT molecular complexity index is 378. The van der Waals surface area contributed by atoms with Crippen LogP contribution in [0.4, 0.5) is 0 Å². The molecule has 0 aromatic rings. The van der Waals surface area contributed by atoms with Crippen LogP contribution in [0.5, 0.6) is 0 Å². The minimum atomic E-state index is -1.27. The van der Waals surface area contributed by atoms with Crippen molar-refractivity contribution in [2.45, 2.75) is 45.8 Å². The lowest BCUT2D eigenvalue weighted by Crippen LogP contribution is -2.45. The third kappa shape index (κ3) is 3.43. The Hall–Kier alpha value is -1.63. The molecule has 0 N–H and O–H groups in total. The third-order valence-electron chi connectivity index (χ3n) is 2.30. The predicted molar refractivity (Wildman–Crippen MR) is 61.5 cm³/mol. The molecule has 0 bridgehead atoms. The minimum Gasteiger partial charge on any atom is -0.356 e. The second kappa shape index (κ2) is 6.34. The van der Waals surface area contributed by atoms with Crippen molar-refractivity contribution < 1.29 is 19.1 Å². The van der Waals surface area contributed by atoms with Crippen molar-refractivity contribution in [3.05, 3.63) is 0 Å². The van der Waals surface area contributed by atoms with Crippen molar-refractivity contribution in [1.82, 2.24) is 5.01 Å². The van der Waals surface area contributed by atoms with E-state index in [1.165, 1.54) is 0 Å². The van der Waals surface area contributed by atoms with Crippen molar-refractivity contribution in [3.8, 4) is 0 Å². The van der Waals surface area contributed by atoms with Gasteiger partial charge in [-0.05, 0) is 20.3 Å². The number of carbonyl (C=O) groups is 3. The molecule has 0 aromatic carbocycles. The van der Waals surface area contributed by atoms with Crippen LogP contribution in [-0.2, 0) is 19.1 Å². The van der Waals surface area contributed by atoms with E-state index in [-0.39, 0.29) is 25.0 Å². The normalized spacial score (nSPS) is 19.8. The lowest BCUT2D eigenvalue weighted by molar-refractivity contribution is -0.154. The van der Waals surface area contributed by atoms with Gasteiger partial charge in [0.2, 0.25) is 0 Å². The van der Waals surface area contributed by atoms with E-state index in [0.717, 1.165) is 5.01 Å². The molecule has 1 amide bonds. The van der Waals surface area contributed by atoms with Crippen LogP contribution in [0.25, 0.3) is 0 Å². The molecule has 100 valence electrons. The second-order valence-electron chi connectivity index (χ2n) is 4.24. The quantitative estimate of drug-likeness (QED) is 0.520. The monoisotopic (exact) mass is 255 g/mol. The SMILES string of the molecule is CCCC(=O)C1N=NN(COC(C)C)C(=O)C1=O. The Labute approximate surface area is 105 Å². The van der Waals surface area contributed by atoms with Crippen molar-refractivity contribution in [2.75, 3.05) is 6.73 Å². The van der Waals surface area contributed by atoms with Crippen LogP contribution < -0.4 is 0 Å². The minimum absolute atomic E-state index is 0.0949. The van der Waals surface area contributed by atoms with Crippen LogP contribution in [-0.4, -0.2) is 41.4 Å². The van der Waals surface area contributed by atoms with Crippen LogP contribution in [0.1, 0.15) is 33.6 Å². The number of ether oxygens (including phenoxy) is 1. The van der Waals surface area contributed by atoms with Crippen molar-refractivity contribution in [3.63, 3.8) is 0 Å². The van der Waals surface area contributed by atoms with E-state index in [4.69, 9.17) is 4.74 Å². The highest BCUT2D eigenvalue weighted by molar-refractivity contribution is 6.42. The Morgan fingerprint density at radius 3 is 2.67 bits per heavy atom. The van der Waals surface area contributed by atoms with Gasteiger partial charge in [0.1, 0.15) is 6.73 Å². The standard InChI is InChI=1S/C11H17N3O4/c1-4-5-8(15)9-10(16)11(17)14(13-12-9)6-18-7(2)3/h7,9H,4-6H2,1-3H3. The Balaban J connectivity index is 2.70. The largest absolute Gasteiger partial charge is 0.356 e. The summed E-state index contributed by atoms with van der Waals surface area (Å²) in [5.74, 6) is -2.06. The summed E-state index contributed by atoms with van der Waals surface area (Å²) in [5.41, 5.74) is 0. The molecule has 1 aliphatic rings. The molecule has 0 saturated carbocycles. The number of Topliss-reactive ketones (excluding diaryl/α,β-unsaturated/α-hetero) is 2. The van der Waals surface area contributed by atoms with Crippen molar-refractivity contribution >= 4 is 17.5 Å². The molecular weight excluding hydrogens is 238 g/mol. The van der Waals surface area contributed by atoms with E-state index in [2.05, 4.69) is 10.3 Å². The Morgan fingerprint density at radius 2 is 2.11 bits per heavy atom. The van der Waals surface area contributed by atoms with Gasteiger partial charge in [0.25, 0.3) is 5.78 Å². The van der Waals surface area contributed by atoms with E-state index in [1.807, 2.05) is 6.92 Å². The third-order valence-corrected chi connectivity index (χ3v) is 2.30. The average molecular weight is 255 g/mol. The summed E-state index contributed by atoms with van der Waals surface area (Å²) in [5, 5.41) is 7.98. The highest BCUT2D eigenvalue weighted by Gasteiger charge is 2.38. The van der Waals surface area contributed by atoms with Crippen LogP contribution in [0.15, 0.2) is 10.3 Å². The molecule has 0 fully saturated rings. The predicted octanol–water partition coefficient (Wildman–Crippen LogP) is 0.885. The van der Waals surface area contributed by atoms with Gasteiger partial charge in [-0.1, -0.05) is 12.1 Å². The Kier molecular flexibility index (Phi) is 5.08. The summed E-state index contributed by atoms with van der Waals surface area (Å²) >= 11 is 0. The first kappa shape index (κ1) is 14.4. The fraction of sp³-hybridized carbons (Fsp3) is 0.727. The van der Waals surface area contributed by atoms with Gasteiger partial charge in [-0.15, -0.1) is 0 Å². The van der Waals surface area contributed by atoms with Gasteiger partial charge in [0, 0.05) is 6.42 Å². The molecule has 1 heterocycles. The molecule has 0 aromatic heterocycles. The van der Waals surface area contributed by atoms with Gasteiger partial charge in [0.15, 0.2) is 11.8 Å². The Morgan fingerprint density at radius 1 is 1.44 bits per heavy atom. The first-order valence-electron chi connectivity index (χ1n) is 5.88. The molecule has 18 heavy (non-hydrogen) atoms. The van der Waals surface area contributed by atoms with Gasteiger partial charge in [0.05, 0.1) is 6.10 Å². The molecule has 1 unspecified atom stereocenters. The van der Waals surface area contributed by atoms with Gasteiger partial charge < -0.3 is 4.74 Å². The molecule has 1 rings (SSSR count). The maximum Gasteiger partial charge on any atom is 0.316 e. The first-order valence-corrected chi connectivity index (χ1v) is 5.88. The molecule has 0 radical (unpaired) electrons. The summed E-state index contributed by atoms with van der Waals surface area (Å²) in [6.45, 7) is 5.26.